The second-order valence-corrected chi connectivity index (χ2v) is 4.83. The largest absolute Gasteiger partial charge is 0.481 e. The molecule has 5 heteroatoms. The molecular formula is C14H18N2O3. The van der Waals surface area contributed by atoms with Gasteiger partial charge in [0.1, 0.15) is 5.75 Å². The fraction of sp³-hybridized carbons (Fsp3) is 0.429. The Balaban J connectivity index is 1.78. The van der Waals surface area contributed by atoms with Crippen LogP contribution < -0.4 is 15.6 Å². The zero-order chi connectivity index (χ0) is 13.8. The molecule has 0 saturated heterocycles. The fourth-order valence-electron chi connectivity index (χ4n) is 1.55. The summed E-state index contributed by atoms with van der Waals surface area (Å²) < 4.78 is 5.48. The molecule has 102 valence electrons. The number of carbonyl (C=O) groups excluding carboxylic acids is 2. The third-order valence-electron chi connectivity index (χ3n) is 2.96. The molecule has 1 aliphatic carbocycles. The van der Waals surface area contributed by atoms with Gasteiger partial charge in [-0.1, -0.05) is 17.7 Å². The standard InChI is InChI=1S/C14H18N2O3/c1-9-3-7-12(8-4-9)19-10(2)13(17)15-16-14(18)11-5-6-11/h3-4,7-8,10-11H,5-6H2,1-2H3,(H,15,17)(H,16,18). The first-order valence-electron chi connectivity index (χ1n) is 6.39. The van der Waals surface area contributed by atoms with Crippen molar-refractivity contribution in [1.29, 1.82) is 0 Å². The number of carbonyl (C=O) groups is 2. The van der Waals surface area contributed by atoms with E-state index in [4.69, 9.17) is 4.74 Å². The van der Waals surface area contributed by atoms with Crippen LogP contribution in [0.25, 0.3) is 0 Å². The third-order valence-corrected chi connectivity index (χ3v) is 2.96. The van der Waals surface area contributed by atoms with Crippen LogP contribution in [-0.2, 0) is 9.59 Å². The van der Waals surface area contributed by atoms with Gasteiger partial charge in [0.05, 0.1) is 0 Å². The molecule has 1 aromatic carbocycles. The molecule has 0 heterocycles. The normalized spacial score (nSPS) is 15.5. The lowest BCUT2D eigenvalue weighted by molar-refractivity contribution is -0.133. The second-order valence-electron chi connectivity index (χ2n) is 4.83. The minimum absolute atomic E-state index is 0.0635. The lowest BCUT2D eigenvalue weighted by atomic mass is 10.2. The third kappa shape index (κ3) is 3.98. The zero-order valence-corrected chi connectivity index (χ0v) is 11.1. The lowest BCUT2D eigenvalue weighted by Crippen LogP contribution is -2.47. The van der Waals surface area contributed by atoms with Gasteiger partial charge in [-0.15, -0.1) is 0 Å². The van der Waals surface area contributed by atoms with Crippen molar-refractivity contribution in [1.82, 2.24) is 10.9 Å². The first-order chi connectivity index (χ1) is 9.06. The van der Waals surface area contributed by atoms with E-state index in [1.165, 1.54) is 0 Å². The number of nitrogens with one attached hydrogen (secondary N) is 2. The molecule has 0 radical (unpaired) electrons. The highest BCUT2D eigenvalue weighted by molar-refractivity contribution is 5.86. The molecule has 2 rings (SSSR count). The number of benzene rings is 1. The molecule has 0 aromatic heterocycles. The minimum atomic E-state index is -0.665. The van der Waals surface area contributed by atoms with E-state index in [1.807, 2.05) is 31.2 Å². The Bertz CT molecular complexity index is 466. The molecule has 5 nitrogen and oxygen atoms in total. The molecule has 1 unspecified atom stereocenters. The molecule has 1 aromatic rings. The van der Waals surface area contributed by atoms with Crippen molar-refractivity contribution in [2.45, 2.75) is 32.8 Å². The van der Waals surface area contributed by atoms with E-state index in [9.17, 15) is 9.59 Å². The van der Waals surface area contributed by atoms with Crippen LogP contribution in [0.15, 0.2) is 24.3 Å². The van der Waals surface area contributed by atoms with Crippen molar-refractivity contribution in [3.05, 3.63) is 29.8 Å². The maximum Gasteiger partial charge on any atom is 0.279 e. The van der Waals surface area contributed by atoms with E-state index in [0.29, 0.717) is 5.75 Å². The van der Waals surface area contributed by atoms with Crippen LogP contribution in [0.4, 0.5) is 0 Å². The number of hydrogen-bond donors (Lipinski definition) is 2. The lowest BCUT2D eigenvalue weighted by Gasteiger charge is -2.15. The van der Waals surface area contributed by atoms with Crippen LogP contribution >= 0.6 is 0 Å². The maximum atomic E-state index is 11.7. The van der Waals surface area contributed by atoms with Crippen LogP contribution in [0, 0.1) is 12.8 Å². The van der Waals surface area contributed by atoms with E-state index in [-0.39, 0.29) is 17.7 Å². The Morgan fingerprint density at radius 2 is 1.84 bits per heavy atom. The summed E-state index contributed by atoms with van der Waals surface area (Å²) in [4.78, 5) is 23.1. The van der Waals surface area contributed by atoms with Gasteiger partial charge in [-0.3, -0.25) is 20.4 Å². The van der Waals surface area contributed by atoms with E-state index in [0.717, 1.165) is 18.4 Å². The molecule has 0 bridgehead atoms. The van der Waals surface area contributed by atoms with Crippen LogP contribution in [0.2, 0.25) is 0 Å². The van der Waals surface area contributed by atoms with Crippen LogP contribution in [0.3, 0.4) is 0 Å². The van der Waals surface area contributed by atoms with Crippen LogP contribution in [0.1, 0.15) is 25.3 Å². The van der Waals surface area contributed by atoms with Crippen molar-refractivity contribution in [3.63, 3.8) is 0 Å². The van der Waals surface area contributed by atoms with Gasteiger partial charge in [-0.25, -0.2) is 0 Å². The van der Waals surface area contributed by atoms with E-state index in [2.05, 4.69) is 10.9 Å². The molecule has 1 aliphatic rings. The summed E-state index contributed by atoms with van der Waals surface area (Å²) in [5.74, 6) is 0.195. The number of aryl methyl sites for hydroxylation is 1. The molecule has 0 spiro atoms. The average Bonchev–Trinajstić information content (AvgIpc) is 3.22. The SMILES string of the molecule is Cc1ccc(OC(C)C(=O)NNC(=O)C2CC2)cc1. The number of hydrazine groups is 1. The zero-order valence-electron chi connectivity index (χ0n) is 11.1. The molecule has 0 aliphatic heterocycles. The highest BCUT2D eigenvalue weighted by Gasteiger charge is 2.30. The van der Waals surface area contributed by atoms with Crippen molar-refractivity contribution in [2.24, 2.45) is 5.92 Å². The highest BCUT2D eigenvalue weighted by atomic mass is 16.5. The monoisotopic (exact) mass is 262 g/mol. The Labute approximate surface area is 112 Å². The van der Waals surface area contributed by atoms with Gasteiger partial charge in [0.2, 0.25) is 5.91 Å². The first-order valence-corrected chi connectivity index (χ1v) is 6.39. The number of rotatable bonds is 4. The average molecular weight is 262 g/mol. The maximum absolute atomic E-state index is 11.7. The van der Waals surface area contributed by atoms with E-state index in [1.54, 1.807) is 6.92 Å². The van der Waals surface area contributed by atoms with E-state index < -0.39 is 6.10 Å². The molecule has 1 fully saturated rings. The second kappa shape index (κ2) is 5.73. The quantitative estimate of drug-likeness (QED) is 0.804. The van der Waals surface area contributed by atoms with Crippen molar-refractivity contribution < 1.29 is 14.3 Å². The van der Waals surface area contributed by atoms with Gasteiger partial charge in [-0.2, -0.15) is 0 Å². The van der Waals surface area contributed by atoms with E-state index >= 15 is 0 Å². The Kier molecular flexibility index (Phi) is 4.04. The molecule has 2 N–H and O–H groups in total. The predicted molar refractivity (Wildman–Crippen MR) is 70.3 cm³/mol. The highest BCUT2D eigenvalue weighted by Crippen LogP contribution is 2.28. The van der Waals surface area contributed by atoms with Gasteiger partial charge >= 0.3 is 0 Å². The summed E-state index contributed by atoms with van der Waals surface area (Å²) in [6.45, 7) is 3.62. The Morgan fingerprint density at radius 1 is 1.21 bits per heavy atom. The van der Waals surface area contributed by atoms with Crippen LogP contribution in [-0.4, -0.2) is 17.9 Å². The smallest absolute Gasteiger partial charge is 0.279 e. The summed E-state index contributed by atoms with van der Waals surface area (Å²) in [6, 6.07) is 7.44. The van der Waals surface area contributed by atoms with Gasteiger partial charge in [0, 0.05) is 5.92 Å². The van der Waals surface area contributed by atoms with Gasteiger partial charge in [0.15, 0.2) is 6.10 Å². The molecular weight excluding hydrogens is 244 g/mol. The fourth-order valence-corrected chi connectivity index (χ4v) is 1.55. The molecule has 19 heavy (non-hydrogen) atoms. The summed E-state index contributed by atoms with van der Waals surface area (Å²) in [5, 5.41) is 0. The summed E-state index contributed by atoms with van der Waals surface area (Å²) in [6.07, 6.45) is 1.14. The van der Waals surface area contributed by atoms with Crippen molar-refractivity contribution >= 4 is 11.8 Å². The van der Waals surface area contributed by atoms with Gasteiger partial charge < -0.3 is 4.74 Å². The van der Waals surface area contributed by atoms with Gasteiger partial charge in [-0.05, 0) is 38.8 Å². The number of amides is 2. The van der Waals surface area contributed by atoms with Crippen molar-refractivity contribution in [2.75, 3.05) is 0 Å². The molecule has 1 atom stereocenters. The summed E-state index contributed by atoms with van der Waals surface area (Å²) in [7, 11) is 0. The number of hydrogen-bond acceptors (Lipinski definition) is 3. The summed E-state index contributed by atoms with van der Waals surface area (Å²) >= 11 is 0. The minimum Gasteiger partial charge on any atom is -0.481 e. The predicted octanol–water partition coefficient (Wildman–Crippen LogP) is 1.32. The number of ether oxygens (including phenoxy) is 1. The van der Waals surface area contributed by atoms with Crippen LogP contribution in [0.5, 0.6) is 5.75 Å². The van der Waals surface area contributed by atoms with Gasteiger partial charge in [0.25, 0.3) is 5.91 Å². The van der Waals surface area contributed by atoms with Crippen molar-refractivity contribution in [3.8, 4) is 5.75 Å². The molecule has 2 amide bonds. The topological polar surface area (TPSA) is 67.4 Å². The molecule has 1 saturated carbocycles. The Morgan fingerprint density at radius 3 is 2.42 bits per heavy atom. The Hall–Kier alpha value is -2.04. The summed E-state index contributed by atoms with van der Waals surface area (Å²) in [5.41, 5.74) is 5.90. The first kappa shape index (κ1) is 13.4.